The Morgan fingerprint density at radius 3 is 1.95 bits per heavy atom. The van der Waals surface area contributed by atoms with Crippen LogP contribution in [0.1, 0.15) is 44.9 Å². The molecule has 0 aliphatic heterocycles. The first kappa shape index (κ1) is 17.5. The monoisotopic (exact) mass is 407 g/mol. The highest BCUT2D eigenvalue weighted by Gasteiger charge is 2.55. The van der Waals surface area contributed by atoms with Crippen LogP contribution in [0.5, 0.6) is 0 Å². The van der Waals surface area contributed by atoms with E-state index in [4.69, 9.17) is 4.74 Å². The van der Waals surface area contributed by atoms with Crippen LogP contribution in [0.25, 0.3) is 0 Å². The second-order valence-electron chi connectivity index (χ2n) is 8.70. The van der Waals surface area contributed by atoms with Gasteiger partial charge in [-0.1, -0.05) is 0 Å². The number of quaternary nitrogens is 1. The summed E-state index contributed by atoms with van der Waals surface area (Å²) in [5.74, 6) is 2.60. The molecule has 4 saturated carbocycles. The van der Waals surface area contributed by atoms with Gasteiger partial charge in [-0.3, -0.25) is 4.79 Å². The van der Waals surface area contributed by atoms with Gasteiger partial charge in [-0.25, -0.2) is 0 Å². The summed E-state index contributed by atoms with van der Waals surface area (Å²) in [6.07, 6.45) is 8.48. The van der Waals surface area contributed by atoms with Crippen LogP contribution < -0.4 is 24.0 Å². The maximum Gasteiger partial charge on any atom is 0.312 e. The Morgan fingerprint density at radius 2 is 1.52 bits per heavy atom. The fourth-order valence-corrected chi connectivity index (χ4v) is 5.22. The van der Waals surface area contributed by atoms with E-state index in [9.17, 15) is 4.79 Å². The summed E-state index contributed by atoms with van der Waals surface area (Å²) < 4.78 is 6.61. The molecule has 3 nitrogen and oxygen atoms in total. The Bertz CT molecular complexity index is 353. The Balaban J connectivity index is 0.00000161. The number of ether oxygens (including phenoxy) is 1. The minimum atomic E-state index is -0.0780. The molecule has 4 heteroatoms. The van der Waals surface area contributed by atoms with Gasteiger partial charge in [-0.2, -0.15) is 0 Å². The number of hydrogen-bond donors (Lipinski definition) is 0. The van der Waals surface area contributed by atoms with Crippen LogP contribution in [-0.2, 0) is 9.53 Å². The van der Waals surface area contributed by atoms with E-state index in [-0.39, 0.29) is 35.4 Å². The van der Waals surface area contributed by atoms with E-state index < -0.39 is 0 Å². The first-order valence-corrected chi connectivity index (χ1v) is 8.34. The van der Waals surface area contributed by atoms with Crippen LogP contribution in [0, 0.1) is 23.2 Å². The number of hydrogen-bond acceptors (Lipinski definition) is 2. The summed E-state index contributed by atoms with van der Waals surface area (Å²) in [6, 6.07) is 0. The van der Waals surface area contributed by atoms with Crippen LogP contribution in [0.3, 0.4) is 0 Å². The normalized spacial score (nSPS) is 37.2. The first-order chi connectivity index (χ1) is 9.36. The van der Waals surface area contributed by atoms with Crippen molar-refractivity contribution in [2.24, 2.45) is 23.2 Å². The molecule has 4 aliphatic carbocycles. The van der Waals surface area contributed by atoms with Crippen LogP contribution in [0.15, 0.2) is 0 Å². The topological polar surface area (TPSA) is 26.3 Å². The van der Waals surface area contributed by atoms with Gasteiger partial charge in [0.25, 0.3) is 0 Å². The molecule has 4 fully saturated rings. The predicted octanol–water partition coefficient (Wildman–Crippen LogP) is -0.154. The van der Waals surface area contributed by atoms with E-state index in [1.54, 1.807) is 0 Å². The van der Waals surface area contributed by atoms with Crippen molar-refractivity contribution < 1.29 is 38.0 Å². The maximum absolute atomic E-state index is 12.6. The molecule has 21 heavy (non-hydrogen) atoms. The van der Waals surface area contributed by atoms with E-state index in [1.807, 2.05) is 0 Å². The fourth-order valence-electron chi connectivity index (χ4n) is 5.22. The molecule has 0 amide bonds. The van der Waals surface area contributed by atoms with Gasteiger partial charge in [-0.15, -0.1) is 0 Å². The van der Waals surface area contributed by atoms with E-state index in [0.29, 0.717) is 6.61 Å². The summed E-state index contributed by atoms with van der Waals surface area (Å²) in [7, 11) is 6.54. The molecule has 122 valence electrons. The Kier molecular flexibility index (Phi) is 5.29. The summed E-state index contributed by atoms with van der Waals surface area (Å²) >= 11 is 0. The molecule has 0 heterocycles. The minimum absolute atomic E-state index is 0. The zero-order valence-electron chi connectivity index (χ0n) is 13.7. The van der Waals surface area contributed by atoms with Crippen molar-refractivity contribution in [1.82, 2.24) is 0 Å². The van der Waals surface area contributed by atoms with Crippen molar-refractivity contribution in [3.63, 3.8) is 0 Å². The van der Waals surface area contributed by atoms with Gasteiger partial charge in [0.1, 0.15) is 0 Å². The van der Waals surface area contributed by atoms with Gasteiger partial charge < -0.3 is 33.2 Å². The second-order valence-corrected chi connectivity index (χ2v) is 8.70. The van der Waals surface area contributed by atoms with Gasteiger partial charge in [0.05, 0.1) is 39.7 Å². The number of halogens is 1. The predicted molar refractivity (Wildman–Crippen MR) is 79.1 cm³/mol. The quantitative estimate of drug-likeness (QED) is 0.274. The van der Waals surface area contributed by atoms with Gasteiger partial charge in [0.2, 0.25) is 0 Å². The third kappa shape index (κ3) is 3.92. The molecule has 4 aliphatic rings. The lowest BCUT2D eigenvalue weighted by Crippen LogP contribution is -3.00. The highest BCUT2D eigenvalue weighted by atomic mass is 127. The average molecular weight is 407 g/mol. The van der Waals surface area contributed by atoms with Gasteiger partial charge >= 0.3 is 5.97 Å². The lowest BCUT2D eigenvalue weighted by atomic mass is 9.49. The third-order valence-electron chi connectivity index (χ3n) is 5.68. The van der Waals surface area contributed by atoms with Crippen LogP contribution in [-0.4, -0.2) is 44.7 Å². The second kappa shape index (κ2) is 6.34. The lowest BCUT2D eigenvalue weighted by Gasteiger charge is -2.55. The molecular weight excluding hydrogens is 377 g/mol. The van der Waals surface area contributed by atoms with Gasteiger partial charge in [0.15, 0.2) is 0 Å². The molecule has 0 radical (unpaired) electrons. The first-order valence-electron chi connectivity index (χ1n) is 8.34. The lowest BCUT2D eigenvalue weighted by molar-refractivity contribution is -0.870. The van der Waals surface area contributed by atoms with Crippen molar-refractivity contribution in [3.8, 4) is 0 Å². The van der Waals surface area contributed by atoms with Crippen molar-refractivity contribution in [3.05, 3.63) is 0 Å². The van der Waals surface area contributed by atoms with Gasteiger partial charge in [0, 0.05) is 6.42 Å². The SMILES string of the molecule is C[N+](C)(C)CCCOC(=O)C12CC3CC(CC(C3)C1)C2.[I-]. The fraction of sp³-hybridized carbons (Fsp3) is 0.941. The van der Waals surface area contributed by atoms with E-state index >= 15 is 0 Å². The molecule has 4 rings (SSSR count). The molecule has 0 unspecified atom stereocenters. The standard InChI is InChI=1S/C17H30NO2.HI/c1-18(2,3)5-4-6-20-16(19)17-10-13-7-14(11-17)9-15(8-13)12-17;/h13-15H,4-12H2,1-3H3;1H/q+1;/p-1. The Labute approximate surface area is 146 Å². The molecule has 0 saturated heterocycles. The third-order valence-corrected chi connectivity index (χ3v) is 5.68. The molecule has 0 aromatic heterocycles. The molecule has 0 atom stereocenters. The molecule has 0 aromatic carbocycles. The largest absolute Gasteiger partial charge is 1.00 e. The van der Waals surface area contributed by atoms with Crippen LogP contribution in [0.2, 0.25) is 0 Å². The number of carbonyl (C=O) groups excluding carboxylic acids is 1. The van der Waals surface area contributed by atoms with E-state index in [0.717, 1.165) is 54.5 Å². The number of rotatable bonds is 5. The maximum atomic E-state index is 12.6. The van der Waals surface area contributed by atoms with Crippen molar-refractivity contribution in [2.45, 2.75) is 44.9 Å². The summed E-state index contributed by atoms with van der Waals surface area (Å²) in [5.41, 5.74) is -0.0780. The summed E-state index contributed by atoms with van der Waals surface area (Å²) in [6.45, 7) is 1.67. The Morgan fingerprint density at radius 1 is 1.05 bits per heavy atom. The molecule has 4 bridgehead atoms. The average Bonchev–Trinajstić information content (AvgIpc) is 2.31. The zero-order chi connectivity index (χ0) is 14.4. The van der Waals surface area contributed by atoms with E-state index in [2.05, 4.69) is 21.1 Å². The summed E-state index contributed by atoms with van der Waals surface area (Å²) in [5, 5.41) is 0. The smallest absolute Gasteiger partial charge is 0.312 e. The van der Waals surface area contributed by atoms with Crippen molar-refractivity contribution in [2.75, 3.05) is 34.3 Å². The number of carbonyl (C=O) groups is 1. The molecular formula is C17H30INO2. The van der Waals surface area contributed by atoms with Gasteiger partial charge in [-0.05, 0) is 56.3 Å². The van der Waals surface area contributed by atoms with Crippen LogP contribution >= 0.6 is 0 Å². The van der Waals surface area contributed by atoms with E-state index in [1.165, 1.54) is 19.3 Å². The number of nitrogens with zero attached hydrogens (tertiary/aromatic N) is 1. The Hall–Kier alpha value is 0.160. The molecule has 0 spiro atoms. The number of esters is 1. The highest BCUT2D eigenvalue weighted by Crippen LogP contribution is 2.60. The zero-order valence-corrected chi connectivity index (χ0v) is 15.9. The minimum Gasteiger partial charge on any atom is -1.00 e. The van der Waals surface area contributed by atoms with Crippen molar-refractivity contribution in [1.29, 1.82) is 0 Å². The van der Waals surface area contributed by atoms with Crippen molar-refractivity contribution >= 4 is 5.97 Å². The highest BCUT2D eigenvalue weighted by molar-refractivity contribution is 5.77. The summed E-state index contributed by atoms with van der Waals surface area (Å²) in [4.78, 5) is 12.6. The molecule has 0 aromatic rings. The van der Waals surface area contributed by atoms with Crippen LogP contribution in [0.4, 0.5) is 0 Å². The molecule has 0 N–H and O–H groups in total.